The van der Waals surface area contributed by atoms with Gasteiger partial charge >= 0.3 is 5.97 Å². The highest BCUT2D eigenvalue weighted by atomic mass is 19.1. The van der Waals surface area contributed by atoms with Crippen LogP contribution < -0.4 is 5.32 Å². The van der Waals surface area contributed by atoms with Gasteiger partial charge in [-0.15, -0.1) is 0 Å². The molecule has 7 nitrogen and oxygen atoms in total. The number of hydrogen-bond acceptors (Lipinski definition) is 5. The van der Waals surface area contributed by atoms with E-state index in [1.807, 2.05) is 0 Å². The van der Waals surface area contributed by atoms with Crippen LogP contribution in [0.4, 0.5) is 15.8 Å². The van der Waals surface area contributed by atoms with Crippen molar-refractivity contribution < 1.29 is 23.6 Å². The van der Waals surface area contributed by atoms with Crippen molar-refractivity contribution >= 4 is 23.3 Å². The molecule has 124 valence electrons. The molecule has 0 aliphatic carbocycles. The van der Waals surface area contributed by atoms with Crippen LogP contribution in [0.3, 0.4) is 0 Å². The zero-order chi connectivity index (χ0) is 17.7. The quantitative estimate of drug-likeness (QED) is 0.516. The summed E-state index contributed by atoms with van der Waals surface area (Å²) in [6.07, 6.45) is 0. The fraction of sp³-hybridized carbons (Fsp3) is 0.125. The van der Waals surface area contributed by atoms with Crippen LogP contribution in [0, 0.1) is 22.9 Å². The Hall–Kier alpha value is -3.29. The van der Waals surface area contributed by atoms with Crippen LogP contribution in [0.25, 0.3) is 0 Å². The zero-order valence-corrected chi connectivity index (χ0v) is 12.6. The minimum atomic E-state index is -0.842. The number of nitro groups is 1. The number of amides is 1. The summed E-state index contributed by atoms with van der Waals surface area (Å²) in [7, 11) is 0. The lowest BCUT2D eigenvalue weighted by molar-refractivity contribution is -0.385. The molecule has 0 fully saturated rings. The molecule has 0 saturated heterocycles. The Morgan fingerprint density at radius 2 is 1.88 bits per heavy atom. The van der Waals surface area contributed by atoms with Crippen LogP contribution in [0.2, 0.25) is 0 Å². The summed E-state index contributed by atoms with van der Waals surface area (Å²) in [4.78, 5) is 33.9. The van der Waals surface area contributed by atoms with Gasteiger partial charge in [0.2, 0.25) is 0 Å². The van der Waals surface area contributed by atoms with Crippen LogP contribution in [0.5, 0.6) is 0 Å². The number of esters is 1. The van der Waals surface area contributed by atoms with E-state index in [4.69, 9.17) is 4.74 Å². The molecular weight excluding hydrogens is 319 g/mol. The Balaban J connectivity index is 1.98. The maximum Gasteiger partial charge on any atom is 0.339 e. The summed E-state index contributed by atoms with van der Waals surface area (Å²) in [6.45, 7) is 0.853. The predicted molar refractivity (Wildman–Crippen MR) is 83.1 cm³/mol. The normalized spacial score (nSPS) is 10.1. The molecule has 2 aromatic carbocycles. The largest absolute Gasteiger partial charge is 0.452 e. The number of ether oxygens (including phenoxy) is 1. The molecule has 0 aromatic heterocycles. The second-order valence-corrected chi connectivity index (χ2v) is 4.84. The van der Waals surface area contributed by atoms with E-state index in [-0.39, 0.29) is 16.8 Å². The molecule has 0 unspecified atom stereocenters. The Kier molecular flexibility index (Phi) is 5.20. The molecule has 0 spiro atoms. The van der Waals surface area contributed by atoms with Gasteiger partial charge in [0.1, 0.15) is 5.82 Å². The molecule has 0 saturated carbocycles. The van der Waals surface area contributed by atoms with Crippen LogP contribution in [-0.2, 0) is 9.53 Å². The van der Waals surface area contributed by atoms with E-state index in [2.05, 4.69) is 5.32 Å². The number of anilines is 1. The van der Waals surface area contributed by atoms with E-state index in [9.17, 15) is 24.1 Å². The number of nitro benzene ring substituents is 1. The average molecular weight is 332 g/mol. The highest BCUT2D eigenvalue weighted by Crippen LogP contribution is 2.21. The maximum absolute atomic E-state index is 12.8. The molecule has 0 atom stereocenters. The molecular formula is C16H13FN2O5. The molecule has 0 heterocycles. The number of halogens is 1. The number of rotatable bonds is 5. The van der Waals surface area contributed by atoms with Gasteiger partial charge in [-0.2, -0.15) is 0 Å². The summed E-state index contributed by atoms with van der Waals surface area (Å²) in [5.74, 6) is -1.90. The van der Waals surface area contributed by atoms with Crippen molar-refractivity contribution in [3.05, 3.63) is 69.5 Å². The standard InChI is InChI=1S/C16H13FN2O5/c1-10-13(3-2-4-14(10)19(22)23)16(21)24-9-15(20)18-12-7-5-11(17)6-8-12/h2-8H,9H2,1H3,(H,18,20). The van der Waals surface area contributed by atoms with Crippen LogP contribution in [-0.4, -0.2) is 23.4 Å². The number of nitrogens with zero attached hydrogens (tertiary/aromatic N) is 1. The molecule has 8 heteroatoms. The van der Waals surface area contributed by atoms with Crippen molar-refractivity contribution in [2.24, 2.45) is 0 Å². The van der Waals surface area contributed by atoms with Gasteiger partial charge in [0.25, 0.3) is 11.6 Å². The van der Waals surface area contributed by atoms with E-state index in [1.165, 1.54) is 49.4 Å². The second-order valence-electron chi connectivity index (χ2n) is 4.84. The van der Waals surface area contributed by atoms with Crippen LogP contribution >= 0.6 is 0 Å². The van der Waals surface area contributed by atoms with Gasteiger partial charge in [-0.3, -0.25) is 14.9 Å². The Morgan fingerprint density at radius 3 is 2.50 bits per heavy atom. The molecule has 2 rings (SSSR count). The summed E-state index contributed by atoms with van der Waals surface area (Å²) in [5, 5.41) is 13.3. The van der Waals surface area contributed by atoms with E-state index in [1.54, 1.807) is 0 Å². The van der Waals surface area contributed by atoms with Crippen molar-refractivity contribution in [1.29, 1.82) is 0 Å². The monoisotopic (exact) mass is 332 g/mol. The molecule has 0 aliphatic heterocycles. The fourth-order valence-corrected chi connectivity index (χ4v) is 1.98. The third-order valence-corrected chi connectivity index (χ3v) is 3.18. The molecule has 2 aromatic rings. The summed E-state index contributed by atoms with van der Waals surface area (Å²) >= 11 is 0. The van der Waals surface area contributed by atoms with Gasteiger partial charge in [0.15, 0.2) is 6.61 Å². The minimum Gasteiger partial charge on any atom is -0.452 e. The van der Waals surface area contributed by atoms with E-state index >= 15 is 0 Å². The smallest absolute Gasteiger partial charge is 0.339 e. The van der Waals surface area contributed by atoms with Crippen LogP contribution in [0.15, 0.2) is 42.5 Å². The molecule has 1 N–H and O–H groups in total. The predicted octanol–water partition coefficient (Wildman–Crippen LogP) is 2.84. The first-order valence-electron chi connectivity index (χ1n) is 6.85. The third-order valence-electron chi connectivity index (χ3n) is 3.18. The van der Waals surface area contributed by atoms with Gasteiger partial charge in [-0.05, 0) is 37.3 Å². The Bertz CT molecular complexity index is 790. The van der Waals surface area contributed by atoms with Gasteiger partial charge in [0, 0.05) is 17.3 Å². The van der Waals surface area contributed by atoms with Gasteiger partial charge in [0.05, 0.1) is 10.5 Å². The fourth-order valence-electron chi connectivity index (χ4n) is 1.98. The number of carbonyl (C=O) groups excluding carboxylic acids is 2. The maximum atomic E-state index is 12.8. The lowest BCUT2D eigenvalue weighted by Gasteiger charge is -2.08. The number of carbonyl (C=O) groups is 2. The van der Waals surface area contributed by atoms with E-state index < -0.39 is 29.2 Å². The first-order chi connectivity index (χ1) is 11.4. The van der Waals surface area contributed by atoms with Gasteiger partial charge < -0.3 is 10.1 Å². The van der Waals surface area contributed by atoms with Crippen molar-refractivity contribution in [1.82, 2.24) is 0 Å². The SMILES string of the molecule is Cc1c(C(=O)OCC(=O)Nc2ccc(F)cc2)cccc1[N+](=O)[O-]. The summed E-state index contributed by atoms with van der Waals surface area (Å²) in [5.41, 5.74) is 0.314. The van der Waals surface area contributed by atoms with Gasteiger partial charge in [-0.25, -0.2) is 9.18 Å². The first-order valence-corrected chi connectivity index (χ1v) is 6.85. The first kappa shape index (κ1) is 17.1. The van der Waals surface area contributed by atoms with Crippen molar-refractivity contribution in [2.75, 3.05) is 11.9 Å². The lowest BCUT2D eigenvalue weighted by Crippen LogP contribution is -2.21. The highest BCUT2D eigenvalue weighted by Gasteiger charge is 2.19. The lowest BCUT2D eigenvalue weighted by atomic mass is 10.1. The van der Waals surface area contributed by atoms with E-state index in [0.717, 1.165) is 0 Å². The molecule has 0 radical (unpaired) electrons. The number of nitrogens with one attached hydrogen (secondary N) is 1. The van der Waals surface area contributed by atoms with Crippen molar-refractivity contribution in [3.63, 3.8) is 0 Å². The molecule has 0 bridgehead atoms. The summed E-state index contributed by atoms with van der Waals surface area (Å²) in [6, 6.07) is 9.08. The van der Waals surface area contributed by atoms with Gasteiger partial charge in [-0.1, -0.05) is 6.07 Å². The van der Waals surface area contributed by atoms with Crippen molar-refractivity contribution in [3.8, 4) is 0 Å². The molecule has 24 heavy (non-hydrogen) atoms. The Morgan fingerprint density at radius 1 is 1.21 bits per heavy atom. The number of benzene rings is 2. The average Bonchev–Trinajstić information content (AvgIpc) is 2.54. The van der Waals surface area contributed by atoms with Crippen molar-refractivity contribution in [2.45, 2.75) is 6.92 Å². The molecule has 0 aliphatic rings. The Labute approximate surface area is 136 Å². The second kappa shape index (κ2) is 7.32. The highest BCUT2D eigenvalue weighted by molar-refractivity contribution is 5.96. The topological polar surface area (TPSA) is 98.5 Å². The summed E-state index contributed by atoms with van der Waals surface area (Å²) < 4.78 is 17.6. The van der Waals surface area contributed by atoms with E-state index in [0.29, 0.717) is 5.69 Å². The molecule has 1 amide bonds. The minimum absolute atomic E-state index is 0.0128. The zero-order valence-electron chi connectivity index (χ0n) is 12.6. The number of hydrogen-bond donors (Lipinski definition) is 1. The van der Waals surface area contributed by atoms with Crippen LogP contribution in [0.1, 0.15) is 15.9 Å². The third kappa shape index (κ3) is 4.13.